The molecule has 1 N–H and O–H groups in total. The maximum Gasteiger partial charge on any atom is 0.169 e. The zero-order valence-electron chi connectivity index (χ0n) is 9.60. The third kappa shape index (κ3) is 4.23. The molecule has 0 aromatic rings. The highest BCUT2D eigenvalue weighted by Gasteiger charge is 2.23. The Morgan fingerprint density at radius 2 is 2.06 bits per heavy atom. The molecule has 0 saturated carbocycles. The quantitative estimate of drug-likeness (QED) is 0.703. The average molecular weight is 266 g/mol. The Morgan fingerprint density at radius 3 is 2.56 bits per heavy atom. The van der Waals surface area contributed by atoms with Crippen LogP contribution in [-0.2, 0) is 14.6 Å². The van der Waals surface area contributed by atoms with Gasteiger partial charge in [-0.3, -0.25) is 0 Å². The molecule has 1 atom stereocenters. The molecule has 0 bridgehead atoms. The summed E-state index contributed by atoms with van der Waals surface area (Å²) in [6.07, 6.45) is 0. The van der Waals surface area contributed by atoms with Crippen molar-refractivity contribution < 1.29 is 13.2 Å². The molecular weight excluding hydrogens is 248 g/mol. The van der Waals surface area contributed by atoms with E-state index in [1.807, 2.05) is 11.8 Å². The number of hydrogen-bond donors (Lipinski definition) is 1. The molecule has 5 nitrogen and oxygen atoms in total. The largest absolute Gasteiger partial charge is 0.383 e. The van der Waals surface area contributed by atoms with Gasteiger partial charge in [-0.25, -0.2) is 8.42 Å². The van der Waals surface area contributed by atoms with E-state index in [2.05, 4.69) is 5.32 Å². The lowest BCUT2D eigenvalue weighted by atomic mass is 10.4. The van der Waals surface area contributed by atoms with E-state index in [-0.39, 0.29) is 17.5 Å². The Hall–Kier alpha value is -0.400. The lowest BCUT2D eigenvalue weighted by molar-refractivity contribution is 0.178. The summed E-state index contributed by atoms with van der Waals surface area (Å²) in [4.78, 5) is 1.89. The van der Waals surface area contributed by atoms with Gasteiger partial charge < -0.3 is 15.0 Å². The molecule has 1 unspecified atom stereocenters. The van der Waals surface area contributed by atoms with Crippen LogP contribution < -0.4 is 5.32 Å². The lowest BCUT2D eigenvalue weighted by Crippen LogP contribution is -2.50. The molecule has 0 aliphatic carbocycles. The number of nitrogens with one attached hydrogen (secondary N) is 1. The summed E-state index contributed by atoms with van der Waals surface area (Å²) in [7, 11) is -1.21. The third-order valence-corrected chi connectivity index (χ3v) is 4.40. The Bertz CT molecular complexity index is 329. The zero-order valence-corrected chi connectivity index (χ0v) is 11.2. The highest BCUT2D eigenvalue weighted by atomic mass is 32.2. The summed E-state index contributed by atoms with van der Waals surface area (Å²) in [5.74, 6) is 0.376. The molecule has 0 amide bonds. The first-order chi connectivity index (χ1) is 7.44. The summed E-state index contributed by atoms with van der Waals surface area (Å²) in [5, 5.41) is 3.73. The average Bonchev–Trinajstić information content (AvgIpc) is 2.17. The monoisotopic (exact) mass is 266 g/mol. The molecule has 1 aliphatic heterocycles. The minimum Gasteiger partial charge on any atom is -0.383 e. The van der Waals surface area contributed by atoms with E-state index in [1.165, 1.54) is 0 Å². The Balaban J connectivity index is 2.39. The molecule has 7 heteroatoms. The molecule has 16 heavy (non-hydrogen) atoms. The fraction of sp³-hybridized carbons (Fsp3) is 0.889. The van der Waals surface area contributed by atoms with Crippen LogP contribution in [0.2, 0.25) is 0 Å². The van der Waals surface area contributed by atoms with Gasteiger partial charge in [-0.15, -0.1) is 0 Å². The normalized spacial score (nSPS) is 21.5. The van der Waals surface area contributed by atoms with E-state index in [0.29, 0.717) is 24.8 Å². The van der Waals surface area contributed by atoms with Crippen molar-refractivity contribution in [3.63, 3.8) is 0 Å². The van der Waals surface area contributed by atoms with Gasteiger partial charge in [0.15, 0.2) is 14.9 Å². The van der Waals surface area contributed by atoms with Crippen LogP contribution in [0.25, 0.3) is 0 Å². The summed E-state index contributed by atoms with van der Waals surface area (Å²) in [6, 6.07) is 0.135. The SMILES string of the molecule is COCC(C)NC(=S)N1CCS(=O)(=O)CC1. The summed E-state index contributed by atoms with van der Waals surface area (Å²) in [6.45, 7) is 3.50. The summed E-state index contributed by atoms with van der Waals surface area (Å²) >= 11 is 5.20. The second-order valence-corrected chi connectivity index (χ2v) is 6.64. The van der Waals surface area contributed by atoms with Crippen molar-refractivity contribution in [3.8, 4) is 0 Å². The number of thiocarbonyl (C=S) groups is 1. The number of rotatable bonds is 3. The maximum atomic E-state index is 11.2. The van der Waals surface area contributed by atoms with E-state index in [1.54, 1.807) is 7.11 Å². The predicted molar refractivity (Wildman–Crippen MR) is 67.3 cm³/mol. The van der Waals surface area contributed by atoms with Gasteiger partial charge in [0.25, 0.3) is 0 Å². The van der Waals surface area contributed by atoms with Crippen LogP contribution in [0, 0.1) is 0 Å². The van der Waals surface area contributed by atoms with Crippen LogP contribution in [0.5, 0.6) is 0 Å². The first-order valence-corrected chi connectivity index (χ1v) is 7.42. The molecule has 0 aromatic carbocycles. The Kier molecular flexibility index (Phi) is 4.94. The fourth-order valence-corrected chi connectivity index (χ4v) is 3.09. The molecule has 94 valence electrons. The van der Waals surface area contributed by atoms with Crippen LogP contribution >= 0.6 is 12.2 Å². The van der Waals surface area contributed by atoms with E-state index >= 15 is 0 Å². The molecule has 1 aliphatic rings. The van der Waals surface area contributed by atoms with Gasteiger partial charge in [0, 0.05) is 26.2 Å². The van der Waals surface area contributed by atoms with Gasteiger partial charge in [0.05, 0.1) is 18.1 Å². The van der Waals surface area contributed by atoms with E-state index in [9.17, 15) is 8.42 Å². The van der Waals surface area contributed by atoms with Crippen molar-refractivity contribution in [2.75, 3.05) is 38.3 Å². The van der Waals surface area contributed by atoms with Crippen molar-refractivity contribution >= 4 is 27.2 Å². The third-order valence-electron chi connectivity index (χ3n) is 2.42. The predicted octanol–water partition coefficient (Wildman–Crippen LogP) is -0.374. The Morgan fingerprint density at radius 1 is 1.50 bits per heavy atom. The van der Waals surface area contributed by atoms with Gasteiger partial charge in [0.2, 0.25) is 0 Å². The number of ether oxygens (including phenoxy) is 1. The molecule has 1 rings (SSSR count). The van der Waals surface area contributed by atoms with Crippen molar-refractivity contribution in [2.24, 2.45) is 0 Å². The van der Waals surface area contributed by atoms with E-state index in [4.69, 9.17) is 17.0 Å². The van der Waals surface area contributed by atoms with Crippen molar-refractivity contribution in [1.82, 2.24) is 10.2 Å². The smallest absolute Gasteiger partial charge is 0.169 e. The van der Waals surface area contributed by atoms with Crippen molar-refractivity contribution in [3.05, 3.63) is 0 Å². The minimum absolute atomic E-state index is 0.135. The highest BCUT2D eigenvalue weighted by Crippen LogP contribution is 2.04. The lowest BCUT2D eigenvalue weighted by Gasteiger charge is -2.30. The number of sulfone groups is 1. The van der Waals surface area contributed by atoms with Crippen LogP contribution in [-0.4, -0.2) is 62.8 Å². The fourth-order valence-electron chi connectivity index (χ4n) is 1.51. The molecule has 0 spiro atoms. The molecule has 1 heterocycles. The highest BCUT2D eigenvalue weighted by molar-refractivity contribution is 7.91. The molecule has 1 fully saturated rings. The molecular formula is C9H18N2O3S2. The number of methoxy groups -OCH3 is 1. The van der Waals surface area contributed by atoms with Crippen LogP contribution in [0.3, 0.4) is 0 Å². The minimum atomic E-state index is -2.84. The summed E-state index contributed by atoms with van der Waals surface area (Å²) < 4.78 is 27.5. The van der Waals surface area contributed by atoms with Gasteiger partial charge >= 0.3 is 0 Å². The van der Waals surface area contributed by atoms with Crippen LogP contribution in [0.15, 0.2) is 0 Å². The van der Waals surface area contributed by atoms with Crippen LogP contribution in [0.1, 0.15) is 6.92 Å². The molecule has 1 saturated heterocycles. The topological polar surface area (TPSA) is 58.6 Å². The number of hydrogen-bond acceptors (Lipinski definition) is 4. The van der Waals surface area contributed by atoms with Crippen molar-refractivity contribution in [2.45, 2.75) is 13.0 Å². The number of nitrogens with zero attached hydrogens (tertiary/aromatic N) is 1. The standard InChI is InChI=1S/C9H18N2O3S2/c1-8(7-14-2)10-9(15)11-3-5-16(12,13)6-4-11/h8H,3-7H2,1-2H3,(H,10,15). The first kappa shape index (κ1) is 13.7. The summed E-state index contributed by atoms with van der Waals surface area (Å²) in [5.41, 5.74) is 0. The van der Waals surface area contributed by atoms with E-state index in [0.717, 1.165) is 0 Å². The van der Waals surface area contributed by atoms with Gasteiger partial charge in [-0.1, -0.05) is 0 Å². The van der Waals surface area contributed by atoms with Gasteiger partial charge in [0.1, 0.15) is 0 Å². The molecule has 0 aromatic heterocycles. The zero-order chi connectivity index (χ0) is 12.2. The Labute approximate surface area is 102 Å². The second kappa shape index (κ2) is 5.79. The van der Waals surface area contributed by atoms with Crippen LogP contribution in [0.4, 0.5) is 0 Å². The van der Waals surface area contributed by atoms with Gasteiger partial charge in [-0.2, -0.15) is 0 Å². The van der Waals surface area contributed by atoms with E-state index < -0.39 is 9.84 Å². The molecule has 0 radical (unpaired) electrons. The van der Waals surface area contributed by atoms with Crippen molar-refractivity contribution in [1.29, 1.82) is 0 Å². The second-order valence-electron chi connectivity index (χ2n) is 3.94. The first-order valence-electron chi connectivity index (χ1n) is 5.19. The van der Waals surface area contributed by atoms with Gasteiger partial charge in [-0.05, 0) is 19.1 Å². The maximum absolute atomic E-state index is 11.2.